The van der Waals surface area contributed by atoms with Crippen LogP contribution in [0.2, 0.25) is 0 Å². The van der Waals surface area contributed by atoms with Gasteiger partial charge in [-0.1, -0.05) is 0 Å². The van der Waals surface area contributed by atoms with Gasteiger partial charge in [0, 0.05) is 6.07 Å². The van der Waals surface area contributed by atoms with Gasteiger partial charge in [-0.25, -0.2) is 4.79 Å². The number of carbonyl (C=O) groups is 3. The third kappa shape index (κ3) is 4.85. The summed E-state index contributed by atoms with van der Waals surface area (Å²) < 4.78 is 19.9. The molecule has 0 aromatic heterocycles. The fourth-order valence-electron chi connectivity index (χ4n) is 2.89. The van der Waals surface area contributed by atoms with E-state index in [9.17, 15) is 24.6 Å². The van der Waals surface area contributed by atoms with Crippen LogP contribution in [-0.4, -0.2) is 62.1 Å². The van der Waals surface area contributed by atoms with Crippen LogP contribution in [-0.2, 0) is 14.3 Å². The highest BCUT2D eigenvalue weighted by atomic mass is 32.2. The number of aryl methyl sites for hydroxylation is 1. The van der Waals surface area contributed by atoms with Crippen molar-refractivity contribution in [3.05, 3.63) is 40.5 Å². The molecule has 0 heterocycles. The minimum absolute atomic E-state index is 0.0769. The topological polar surface area (TPSA) is 129 Å². The lowest BCUT2D eigenvalue weighted by Gasteiger charge is -2.18. The van der Waals surface area contributed by atoms with Gasteiger partial charge in [-0.05, 0) is 24.6 Å². The van der Waals surface area contributed by atoms with Crippen molar-refractivity contribution in [2.24, 2.45) is 0 Å². The Kier molecular flexibility index (Phi) is 7.76. The zero-order valence-corrected chi connectivity index (χ0v) is 18.4. The number of aromatic hydroxyl groups is 2. The summed E-state index contributed by atoms with van der Waals surface area (Å²) in [5, 5.41) is 20.9. The molecule has 0 spiro atoms. The number of phenolic OH excluding ortho intramolecular Hbond substituents is 2. The fourth-order valence-corrected chi connectivity index (χ4v) is 3.81. The quantitative estimate of drug-likeness (QED) is 0.352. The van der Waals surface area contributed by atoms with E-state index >= 15 is 0 Å². The summed E-state index contributed by atoms with van der Waals surface area (Å²) in [6.07, 6.45) is 0. The highest BCUT2D eigenvalue weighted by Gasteiger charge is 2.32. The lowest BCUT2D eigenvalue weighted by atomic mass is 9.94. The monoisotopic (exact) mass is 450 g/mol. The van der Waals surface area contributed by atoms with Crippen LogP contribution in [0.25, 0.3) is 0 Å². The maximum atomic E-state index is 13.5. The molecule has 0 bridgehead atoms. The predicted molar refractivity (Wildman–Crippen MR) is 112 cm³/mol. The minimum Gasteiger partial charge on any atom is -0.507 e. The molecule has 2 rings (SSSR count). The first kappa shape index (κ1) is 23.9. The number of carbonyl (C=O) groups excluding carboxylic acids is 3. The van der Waals surface area contributed by atoms with E-state index in [2.05, 4.69) is 4.74 Å². The summed E-state index contributed by atoms with van der Waals surface area (Å²) >= 11 is 0.786. The van der Waals surface area contributed by atoms with Gasteiger partial charge in [0.2, 0.25) is 5.78 Å². The maximum Gasteiger partial charge on any atom is 0.340 e. The Balaban J connectivity index is 2.83. The van der Waals surface area contributed by atoms with E-state index in [1.165, 1.54) is 27.4 Å². The van der Waals surface area contributed by atoms with Crippen LogP contribution < -0.4 is 9.47 Å². The zero-order chi connectivity index (χ0) is 23.3. The molecule has 0 aliphatic rings. The average molecular weight is 450 g/mol. The van der Waals surface area contributed by atoms with E-state index in [1.807, 2.05) is 0 Å². The SMILES string of the molecule is COC(=O)CSc1c(O)cc(OC)c(C(=O)c2c(O)cc(C)cc2OC)c1C(=O)OC. The molecule has 0 aliphatic heterocycles. The first-order valence-corrected chi connectivity index (χ1v) is 9.82. The fraction of sp³-hybridized carbons (Fsp3) is 0.286. The molecule has 0 saturated carbocycles. The van der Waals surface area contributed by atoms with E-state index in [1.54, 1.807) is 13.0 Å². The van der Waals surface area contributed by atoms with Crippen molar-refractivity contribution in [1.82, 2.24) is 0 Å². The molecule has 2 N–H and O–H groups in total. The smallest absolute Gasteiger partial charge is 0.340 e. The number of hydrogen-bond acceptors (Lipinski definition) is 10. The third-order valence-electron chi connectivity index (χ3n) is 4.30. The Labute approximate surface area is 182 Å². The normalized spacial score (nSPS) is 10.4. The molecular weight excluding hydrogens is 428 g/mol. The van der Waals surface area contributed by atoms with Crippen molar-refractivity contribution < 1.29 is 43.5 Å². The summed E-state index contributed by atoms with van der Waals surface area (Å²) in [5.41, 5.74) is -0.144. The second-order valence-corrected chi connectivity index (χ2v) is 7.21. The Bertz CT molecular complexity index is 1030. The molecule has 10 heteroatoms. The molecule has 31 heavy (non-hydrogen) atoms. The number of esters is 2. The molecule has 0 radical (unpaired) electrons. The number of hydrogen-bond donors (Lipinski definition) is 2. The molecule has 0 unspecified atom stereocenters. The Hall–Kier alpha value is -3.40. The van der Waals surface area contributed by atoms with Crippen LogP contribution in [0.5, 0.6) is 23.0 Å². The van der Waals surface area contributed by atoms with E-state index in [4.69, 9.17) is 14.2 Å². The molecule has 0 amide bonds. The van der Waals surface area contributed by atoms with Gasteiger partial charge in [0.05, 0.1) is 50.2 Å². The summed E-state index contributed by atoms with van der Waals surface area (Å²) in [7, 11) is 4.88. The molecular formula is C21H22O9S. The Morgan fingerprint density at radius 3 is 2.00 bits per heavy atom. The number of rotatable bonds is 8. The maximum absolute atomic E-state index is 13.5. The second-order valence-electron chi connectivity index (χ2n) is 6.22. The van der Waals surface area contributed by atoms with Gasteiger partial charge >= 0.3 is 11.9 Å². The van der Waals surface area contributed by atoms with Gasteiger partial charge in [-0.3, -0.25) is 9.59 Å². The van der Waals surface area contributed by atoms with E-state index < -0.39 is 23.5 Å². The number of ketones is 1. The largest absolute Gasteiger partial charge is 0.507 e. The molecule has 0 fully saturated rings. The van der Waals surface area contributed by atoms with Crippen LogP contribution in [0.15, 0.2) is 23.1 Å². The van der Waals surface area contributed by atoms with Crippen LogP contribution in [0, 0.1) is 6.92 Å². The zero-order valence-electron chi connectivity index (χ0n) is 17.6. The molecule has 166 valence electrons. The second kappa shape index (κ2) is 10.1. The minimum atomic E-state index is -0.949. The number of phenols is 2. The third-order valence-corrected chi connectivity index (χ3v) is 5.38. The van der Waals surface area contributed by atoms with Crippen molar-refractivity contribution >= 4 is 29.5 Å². The molecule has 2 aromatic rings. The summed E-state index contributed by atoms with van der Waals surface area (Å²) in [6.45, 7) is 1.71. The van der Waals surface area contributed by atoms with Crippen LogP contribution in [0.1, 0.15) is 31.8 Å². The van der Waals surface area contributed by atoms with Crippen molar-refractivity contribution in [3.63, 3.8) is 0 Å². The molecule has 9 nitrogen and oxygen atoms in total. The van der Waals surface area contributed by atoms with Crippen molar-refractivity contribution in [2.45, 2.75) is 11.8 Å². The lowest BCUT2D eigenvalue weighted by molar-refractivity contribution is -0.137. The first-order chi connectivity index (χ1) is 14.7. The van der Waals surface area contributed by atoms with Gasteiger partial charge in [-0.15, -0.1) is 11.8 Å². The lowest BCUT2D eigenvalue weighted by Crippen LogP contribution is -2.16. The molecule has 2 aromatic carbocycles. The Morgan fingerprint density at radius 2 is 1.45 bits per heavy atom. The summed E-state index contributed by atoms with van der Waals surface area (Å²) in [5.74, 6) is -3.42. The van der Waals surface area contributed by atoms with Crippen LogP contribution in [0.4, 0.5) is 0 Å². The number of methoxy groups -OCH3 is 4. The summed E-state index contributed by atoms with van der Waals surface area (Å²) in [6, 6.07) is 4.05. The standard InChI is InChI=1S/C21H22O9S/c1-10-6-11(22)16(13(7-10)27-2)19(25)17-14(28-3)8-12(23)20(18(17)21(26)30-5)31-9-15(24)29-4/h6-8,22-23H,9H2,1-5H3. The highest BCUT2D eigenvalue weighted by Crippen LogP contribution is 2.42. The molecule has 0 atom stereocenters. The highest BCUT2D eigenvalue weighted by molar-refractivity contribution is 8.00. The van der Waals surface area contributed by atoms with Gasteiger partial charge in [0.15, 0.2) is 0 Å². The van der Waals surface area contributed by atoms with Gasteiger partial charge < -0.3 is 29.2 Å². The van der Waals surface area contributed by atoms with Crippen molar-refractivity contribution in [2.75, 3.05) is 34.2 Å². The number of thioether (sulfide) groups is 1. The van der Waals surface area contributed by atoms with Crippen molar-refractivity contribution in [1.29, 1.82) is 0 Å². The Morgan fingerprint density at radius 1 is 0.839 bits per heavy atom. The molecule has 0 saturated heterocycles. The van der Waals surface area contributed by atoms with Gasteiger partial charge in [-0.2, -0.15) is 0 Å². The summed E-state index contributed by atoms with van der Waals surface area (Å²) in [4.78, 5) is 37.7. The number of ether oxygens (including phenoxy) is 4. The van der Waals surface area contributed by atoms with Crippen molar-refractivity contribution in [3.8, 4) is 23.0 Å². The van der Waals surface area contributed by atoms with E-state index in [0.717, 1.165) is 24.9 Å². The van der Waals surface area contributed by atoms with Crippen LogP contribution >= 0.6 is 11.8 Å². The van der Waals surface area contributed by atoms with E-state index in [0.29, 0.717) is 5.56 Å². The predicted octanol–water partition coefficient (Wildman–Crippen LogP) is 2.71. The molecule has 0 aliphatic carbocycles. The van der Waals surface area contributed by atoms with Gasteiger partial charge in [0.25, 0.3) is 0 Å². The van der Waals surface area contributed by atoms with Crippen LogP contribution in [0.3, 0.4) is 0 Å². The average Bonchev–Trinajstić information content (AvgIpc) is 2.75. The van der Waals surface area contributed by atoms with Gasteiger partial charge in [0.1, 0.15) is 28.6 Å². The number of benzene rings is 2. The van der Waals surface area contributed by atoms with E-state index in [-0.39, 0.29) is 44.6 Å². The first-order valence-electron chi connectivity index (χ1n) is 8.84.